The lowest BCUT2D eigenvalue weighted by Crippen LogP contribution is -2.35. The van der Waals surface area contributed by atoms with E-state index in [2.05, 4.69) is 19.9 Å². The summed E-state index contributed by atoms with van der Waals surface area (Å²) in [5.74, 6) is 0.297. The lowest BCUT2D eigenvalue weighted by molar-refractivity contribution is -0.128. The van der Waals surface area contributed by atoms with Gasteiger partial charge in [-0.05, 0) is 18.3 Å². The van der Waals surface area contributed by atoms with Crippen molar-refractivity contribution < 1.29 is 4.79 Å². The average molecular weight is 177 g/mol. The van der Waals surface area contributed by atoms with E-state index in [9.17, 15) is 10.1 Å². The zero-order chi connectivity index (χ0) is 9.91. The molecule has 2 aliphatic carbocycles. The van der Waals surface area contributed by atoms with E-state index >= 15 is 0 Å². The molecular formula is C11H15NO. The summed E-state index contributed by atoms with van der Waals surface area (Å²) >= 11 is 0. The smallest absolute Gasteiger partial charge is 0.140 e. The zero-order valence-corrected chi connectivity index (χ0v) is 8.48. The number of fused-ring (bicyclic) bond motifs is 2. The Morgan fingerprint density at radius 2 is 1.92 bits per heavy atom. The molecule has 0 spiro atoms. The van der Waals surface area contributed by atoms with Crippen LogP contribution in [0, 0.1) is 27.6 Å². The summed E-state index contributed by atoms with van der Waals surface area (Å²) in [6, 6.07) is 2.39. The Hall–Kier alpha value is -0.840. The average Bonchev–Trinajstić information content (AvgIpc) is 2.34. The second-order valence-electron chi connectivity index (χ2n) is 5.25. The number of ketones is 1. The summed E-state index contributed by atoms with van der Waals surface area (Å²) in [5.41, 5.74) is -0.729. The molecule has 0 aromatic carbocycles. The molecule has 2 saturated carbocycles. The van der Waals surface area contributed by atoms with Crippen molar-refractivity contribution in [2.45, 2.75) is 40.0 Å². The van der Waals surface area contributed by atoms with Gasteiger partial charge in [-0.25, -0.2) is 0 Å². The molecule has 2 aliphatic rings. The van der Waals surface area contributed by atoms with Crippen molar-refractivity contribution in [3.63, 3.8) is 0 Å². The van der Waals surface area contributed by atoms with Gasteiger partial charge in [0.25, 0.3) is 0 Å². The van der Waals surface area contributed by atoms with E-state index in [1.54, 1.807) is 0 Å². The van der Waals surface area contributed by atoms with Crippen LogP contribution in [0.4, 0.5) is 0 Å². The van der Waals surface area contributed by atoms with Crippen LogP contribution in [0.1, 0.15) is 40.0 Å². The van der Waals surface area contributed by atoms with Crippen LogP contribution in [-0.2, 0) is 4.79 Å². The van der Waals surface area contributed by atoms with E-state index in [-0.39, 0.29) is 16.2 Å². The second kappa shape index (κ2) is 1.97. The van der Waals surface area contributed by atoms with Crippen LogP contribution in [0.25, 0.3) is 0 Å². The molecule has 0 aliphatic heterocycles. The van der Waals surface area contributed by atoms with Crippen LogP contribution >= 0.6 is 0 Å². The third kappa shape index (κ3) is 0.643. The maximum atomic E-state index is 11.8. The number of hydrogen-bond acceptors (Lipinski definition) is 2. The topological polar surface area (TPSA) is 40.9 Å². The van der Waals surface area contributed by atoms with Gasteiger partial charge in [-0.2, -0.15) is 5.26 Å². The first kappa shape index (κ1) is 8.74. The van der Waals surface area contributed by atoms with Crippen molar-refractivity contribution >= 4 is 5.78 Å². The maximum Gasteiger partial charge on any atom is 0.140 e. The van der Waals surface area contributed by atoms with E-state index in [0.29, 0.717) is 12.2 Å². The van der Waals surface area contributed by atoms with E-state index in [1.807, 2.05) is 6.92 Å². The van der Waals surface area contributed by atoms with Crippen LogP contribution in [0.3, 0.4) is 0 Å². The van der Waals surface area contributed by atoms with Crippen molar-refractivity contribution in [3.05, 3.63) is 0 Å². The highest BCUT2D eigenvalue weighted by Gasteiger charge is 2.70. The number of hydrogen-bond donors (Lipinski definition) is 0. The van der Waals surface area contributed by atoms with E-state index < -0.39 is 0 Å². The Balaban J connectivity index is 2.61. The summed E-state index contributed by atoms with van der Waals surface area (Å²) in [4.78, 5) is 11.8. The number of nitriles is 1. The highest BCUT2D eigenvalue weighted by molar-refractivity contribution is 5.90. The van der Waals surface area contributed by atoms with E-state index in [0.717, 1.165) is 12.8 Å². The Bertz CT molecular complexity index is 325. The minimum atomic E-state index is -0.362. The fourth-order valence-electron chi connectivity index (χ4n) is 3.12. The highest BCUT2D eigenvalue weighted by Crippen LogP contribution is 2.70. The summed E-state index contributed by atoms with van der Waals surface area (Å²) < 4.78 is 0. The van der Waals surface area contributed by atoms with Crippen molar-refractivity contribution in [2.24, 2.45) is 16.2 Å². The molecule has 70 valence electrons. The van der Waals surface area contributed by atoms with Gasteiger partial charge in [-0.3, -0.25) is 4.79 Å². The Labute approximate surface area is 78.9 Å². The van der Waals surface area contributed by atoms with Crippen molar-refractivity contribution in [1.29, 1.82) is 5.26 Å². The summed E-state index contributed by atoms with van der Waals surface area (Å²) in [5, 5.41) is 9.21. The first-order valence-corrected chi connectivity index (χ1v) is 4.84. The number of rotatable bonds is 0. The molecule has 0 heterocycles. The summed E-state index contributed by atoms with van der Waals surface area (Å²) in [7, 11) is 0. The first-order valence-electron chi connectivity index (χ1n) is 4.84. The van der Waals surface area contributed by atoms with Crippen molar-refractivity contribution in [1.82, 2.24) is 0 Å². The minimum Gasteiger partial charge on any atom is -0.299 e. The normalized spacial score (nSPS) is 46.5. The van der Waals surface area contributed by atoms with Gasteiger partial charge in [0, 0.05) is 11.8 Å². The van der Waals surface area contributed by atoms with Gasteiger partial charge in [0.2, 0.25) is 0 Å². The molecule has 0 N–H and O–H groups in total. The summed E-state index contributed by atoms with van der Waals surface area (Å²) in [6.45, 7) is 6.18. The molecule has 0 aromatic heterocycles. The molecule has 2 bridgehead atoms. The fourth-order valence-corrected chi connectivity index (χ4v) is 3.12. The molecule has 2 heteroatoms. The Kier molecular flexibility index (Phi) is 1.33. The molecule has 2 nitrogen and oxygen atoms in total. The van der Waals surface area contributed by atoms with Gasteiger partial charge >= 0.3 is 0 Å². The fraction of sp³-hybridized carbons (Fsp3) is 0.818. The molecule has 0 amide bonds. The van der Waals surface area contributed by atoms with Gasteiger partial charge in [-0.15, -0.1) is 0 Å². The largest absolute Gasteiger partial charge is 0.299 e. The Morgan fingerprint density at radius 3 is 2.15 bits per heavy atom. The molecule has 13 heavy (non-hydrogen) atoms. The van der Waals surface area contributed by atoms with E-state index in [1.165, 1.54) is 0 Å². The molecule has 2 unspecified atom stereocenters. The van der Waals surface area contributed by atoms with Crippen LogP contribution < -0.4 is 0 Å². The number of nitrogens with zero attached hydrogens (tertiary/aromatic N) is 1. The number of Topliss-reactive ketones (excluding diaryl/α,β-unsaturated/α-hetero) is 1. The first-order chi connectivity index (χ1) is 5.90. The standard InChI is InChI=1S/C11H15NO/c1-9(2)10(3)4-5-11(9,7-12)6-8(10)13/h4-6H2,1-3H3. The monoisotopic (exact) mass is 177 g/mol. The Morgan fingerprint density at radius 1 is 1.31 bits per heavy atom. The number of carbonyl (C=O) groups is 1. The van der Waals surface area contributed by atoms with Gasteiger partial charge < -0.3 is 0 Å². The lowest BCUT2D eigenvalue weighted by atomic mass is 9.66. The number of carbonyl (C=O) groups excluding carboxylic acids is 1. The molecule has 0 saturated heterocycles. The quantitative estimate of drug-likeness (QED) is 0.569. The van der Waals surface area contributed by atoms with E-state index in [4.69, 9.17) is 0 Å². The predicted octanol–water partition coefficient (Wildman–Crippen LogP) is 2.30. The van der Waals surface area contributed by atoms with Crippen molar-refractivity contribution in [3.8, 4) is 6.07 Å². The third-order valence-electron chi connectivity index (χ3n) is 4.92. The van der Waals surface area contributed by atoms with Gasteiger partial charge in [0.15, 0.2) is 0 Å². The molecule has 0 aromatic rings. The maximum absolute atomic E-state index is 11.8. The third-order valence-corrected chi connectivity index (χ3v) is 4.92. The zero-order valence-electron chi connectivity index (χ0n) is 8.48. The minimum absolute atomic E-state index is 0.133. The lowest BCUT2D eigenvalue weighted by Gasteiger charge is -2.35. The van der Waals surface area contributed by atoms with Crippen LogP contribution in [0.15, 0.2) is 0 Å². The van der Waals surface area contributed by atoms with Crippen LogP contribution in [-0.4, -0.2) is 5.78 Å². The van der Waals surface area contributed by atoms with Crippen LogP contribution in [0.5, 0.6) is 0 Å². The highest BCUT2D eigenvalue weighted by atomic mass is 16.1. The van der Waals surface area contributed by atoms with Crippen molar-refractivity contribution in [2.75, 3.05) is 0 Å². The predicted molar refractivity (Wildman–Crippen MR) is 48.8 cm³/mol. The molecule has 2 rings (SSSR count). The van der Waals surface area contributed by atoms with Gasteiger partial charge in [0.1, 0.15) is 5.78 Å². The molecule has 2 atom stereocenters. The second-order valence-corrected chi connectivity index (χ2v) is 5.25. The molecule has 0 radical (unpaired) electrons. The SMILES string of the molecule is CC12CCC(C#N)(CC1=O)C2(C)C. The summed E-state index contributed by atoms with van der Waals surface area (Å²) in [6.07, 6.45) is 2.28. The van der Waals surface area contributed by atoms with Gasteiger partial charge in [-0.1, -0.05) is 20.8 Å². The van der Waals surface area contributed by atoms with Crippen LogP contribution in [0.2, 0.25) is 0 Å². The molecule has 2 fully saturated rings. The van der Waals surface area contributed by atoms with Gasteiger partial charge in [0.05, 0.1) is 11.5 Å². The molecular weight excluding hydrogens is 162 g/mol.